The molecule has 1 heterocycles. The van der Waals surface area contributed by atoms with Crippen LogP contribution >= 0.6 is 0 Å². The predicted molar refractivity (Wildman–Crippen MR) is 74.3 cm³/mol. The van der Waals surface area contributed by atoms with E-state index in [1.54, 1.807) is 0 Å². The molecule has 2 unspecified atom stereocenters. The van der Waals surface area contributed by atoms with E-state index >= 15 is 0 Å². The second-order valence-electron chi connectivity index (χ2n) is 5.49. The number of benzene rings is 1. The van der Waals surface area contributed by atoms with Gasteiger partial charge in [0.05, 0.1) is 6.61 Å². The zero-order valence-electron chi connectivity index (χ0n) is 11.2. The van der Waals surface area contributed by atoms with Crippen LogP contribution in [0.25, 0.3) is 0 Å². The van der Waals surface area contributed by atoms with Gasteiger partial charge in [0.1, 0.15) is 5.75 Å². The van der Waals surface area contributed by atoms with Gasteiger partial charge < -0.3 is 10.1 Å². The predicted octanol–water partition coefficient (Wildman–Crippen LogP) is 3.26. The fraction of sp³-hybridized carbons (Fsp3) is 0.625. The van der Waals surface area contributed by atoms with Crippen LogP contribution in [-0.2, 0) is 6.42 Å². The molecule has 3 rings (SSSR count). The van der Waals surface area contributed by atoms with E-state index in [0.29, 0.717) is 12.0 Å². The molecule has 0 amide bonds. The summed E-state index contributed by atoms with van der Waals surface area (Å²) >= 11 is 0. The molecule has 1 aliphatic carbocycles. The maximum absolute atomic E-state index is 5.88. The molecule has 1 fully saturated rings. The summed E-state index contributed by atoms with van der Waals surface area (Å²) in [6.45, 7) is 4.14. The third kappa shape index (κ3) is 2.14. The number of para-hydroxylation sites is 1. The lowest BCUT2D eigenvalue weighted by Crippen LogP contribution is -2.37. The Morgan fingerprint density at radius 3 is 3.06 bits per heavy atom. The SMILES string of the molecule is CCNC1CCCCC1c1cccc2c1OCC2. The van der Waals surface area contributed by atoms with E-state index in [1.807, 2.05) is 0 Å². The molecule has 2 heteroatoms. The van der Waals surface area contributed by atoms with Crippen molar-refractivity contribution >= 4 is 0 Å². The number of likely N-dealkylation sites (N-methyl/N-ethyl adjacent to an activating group) is 1. The van der Waals surface area contributed by atoms with Gasteiger partial charge in [-0.25, -0.2) is 0 Å². The first-order chi connectivity index (χ1) is 8.90. The minimum absolute atomic E-state index is 0.638. The van der Waals surface area contributed by atoms with Crippen molar-refractivity contribution in [2.24, 2.45) is 0 Å². The smallest absolute Gasteiger partial charge is 0.126 e. The number of hydrogen-bond acceptors (Lipinski definition) is 2. The second kappa shape index (κ2) is 5.31. The van der Waals surface area contributed by atoms with Crippen molar-refractivity contribution in [3.05, 3.63) is 29.3 Å². The van der Waals surface area contributed by atoms with Gasteiger partial charge in [0, 0.05) is 18.4 Å². The van der Waals surface area contributed by atoms with E-state index in [9.17, 15) is 0 Å². The summed E-state index contributed by atoms with van der Waals surface area (Å²) in [4.78, 5) is 0. The third-order valence-corrected chi connectivity index (χ3v) is 4.38. The summed E-state index contributed by atoms with van der Waals surface area (Å²) in [5.41, 5.74) is 2.86. The van der Waals surface area contributed by atoms with Crippen LogP contribution in [0.4, 0.5) is 0 Å². The van der Waals surface area contributed by atoms with Crippen molar-refractivity contribution in [1.82, 2.24) is 5.32 Å². The lowest BCUT2D eigenvalue weighted by molar-refractivity contribution is 0.312. The molecule has 1 N–H and O–H groups in total. The van der Waals surface area contributed by atoms with Gasteiger partial charge in [0.15, 0.2) is 0 Å². The topological polar surface area (TPSA) is 21.3 Å². The first kappa shape index (κ1) is 12.0. The highest BCUT2D eigenvalue weighted by molar-refractivity contribution is 5.46. The van der Waals surface area contributed by atoms with Gasteiger partial charge in [-0.05, 0) is 30.5 Å². The maximum atomic E-state index is 5.88. The second-order valence-corrected chi connectivity index (χ2v) is 5.49. The summed E-state index contributed by atoms with van der Waals surface area (Å²) < 4.78 is 5.88. The molecule has 18 heavy (non-hydrogen) atoms. The van der Waals surface area contributed by atoms with Crippen molar-refractivity contribution in [2.75, 3.05) is 13.2 Å². The molecule has 1 saturated carbocycles. The van der Waals surface area contributed by atoms with Crippen molar-refractivity contribution in [1.29, 1.82) is 0 Å². The number of fused-ring (bicyclic) bond motifs is 1. The van der Waals surface area contributed by atoms with Crippen LogP contribution in [-0.4, -0.2) is 19.2 Å². The average molecular weight is 245 g/mol. The first-order valence-corrected chi connectivity index (χ1v) is 7.38. The molecule has 2 nitrogen and oxygen atoms in total. The number of hydrogen-bond donors (Lipinski definition) is 1. The zero-order valence-corrected chi connectivity index (χ0v) is 11.2. The average Bonchev–Trinajstić information content (AvgIpc) is 2.88. The van der Waals surface area contributed by atoms with Crippen LogP contribution in [0.3, 0.4) is 0 Å². The van der Waals surface area contributed by atoms with Gasteiger partial charge in [-0.1, -0.05) is 38.0 Å². The summed E-state index contributed by atoms with van der Waals surface area (Å²) in [5.74, 6) is 1.85. The standard InChI is InChI=1S/C16H23NO/c1-2-17-15-9-4-3-7-13(15)14-8-5-6-12-10-11-18-16(12)14/h5-6,8,13,15,17H,2-4,7,9-11H2,1H3. The Bertz CT molecular complexity index is 414. The first-order valence-electron chi connectivity index (χ1n) is 7.38. The molecule has 2 atom stereocenters. The van der Waals surface area contributed by atoms with Gasteiger partial charge in [-0.15, -0.1) is 0 Å². The number of rotatable bonds is 3. The quantitative estimate of drug-likeness (QED) is 0.882. The molecule has 98 valence electrons. The van der Waals surface area contributed by atoms with Gasteiger partial charge in [0.2, 0.25) is 0 Å². The largest absolute Gasteiger partial charge is 0.493 e. The molecule has 0 saturated heterocycles. The summed E-state index contributed by atoms with van der Waals surface area (Å²) in [6, 6.07) is 7.35. The monoisotopic (exact) mass is 245 g/mol. The summed E-state index contributed by atoms with van der Waals surface area (Å²) in [7, 11) is 0. The maximum Gasteiger partial charge on any atom is 0.126 e. The summed E-state index contributed by atoms with van der Waals surface area (Å²) in [5, 5.41) is 3.67. The lowest BCUT2D eigenvalue weighted by atomic mass is 9.79. The van der Waals surface area contributed by atoms with Crippen LogP contribution in [0.1, 0.15) is 49.7 Å². The van der Waals surface area contributed by atoms with E-state index in [1.165, 1.54) is 42.6 Å². The van der Waals surface area contributed by atoms with Gasteiger partial charge in [0.25, 0.3) is 0 Å². The Morgan fingerprint density at radius 1 is 1.28 bits per heavy atom. The van der Waals surface area contributed by atoms with Crippen molar-refractivity contribution in [3.8, 4) is 5.75 Å². The van der Waals surface area contributed by atoms with Crippen LogP contribution < -0.4 is 10.1 Å². The molecule has 2 aliphatic rings. The van der Waals surface area contributed by atoms with E-state index in [-0.39, 0.29) is 0 Å². The van der Waals surface area contributed by atoms with E-state index in [0.717, 1.165) is 19.6 Å². The Kier molecular flexibility index (Phi) is 3.55. The van der Waals surface area contributed by atoms with Gasteiger partial charge in [-0.3, -0.25) is 0 Å². The molecule has 1 aliphatic heterocycles. The minimum atomic E-state index is 0.638. The molecule has 0 spiro atoms. The van der Waals surface area contributed by atoms with E-state index in [4.69, 9.17) is 4.74 Å². The Balaban J connectivity index is 1.90. The highest BCUT2D eigenvalue weighted by Crippen LogP contribution is 2.41. The van der Waals surface area contributed by atoms with Gasteiger partial charge in [-0.2, -0.15) is 0 Å². The lowest BCUT2D eigenvalue weighted by Gasteiger charge is -2.33. The fourth-order valence-electron chi connectivity index (χ4n) is 3.54. The zero-order chi connectivity index (χ0) is 12.4. The molecular weight excluding hydrogens is 222 g/mol. The van der Waals surface area contributed by atoms with E-state index in [2.05, 4.69) is 30.4 Å². The normalized spacial score (nSPS) is 26.7. The van der Waals surface area contributed by atoms with Crippen LogP contribution in [0.5, 0.6) is 5.75 Å². The molecule has 1 aromatic rings. The van der Waals surface area contributed by atoms with Crippen molar-refractivity contribution < 1.29 is 4.74 Å². The van der Waals surface area contributed by atoms with Crippen LogP contribution in [0.2, 0.25) is 0 Å². The van der Waals surface area contributed by atoms with Crippen LogP contribution in [0.15, 0.2) is 18.2 Å². The molecular formula is C16H23NO. The van der Waals surface area contributed by atoms with Gasteiger partial charge >= 0.3 is 0 Å². The fourth-order valence-corrected chi connectivity index (χ4v) is 3.54. The van der Waals surface area contributed by atoms with E-state index < -0.39 is 0 Å². The molecule has 0 aromatic heterocycles. The van der Waals surface area contributed by atoms with Crippen molar-refractivity contribution in [2.45, 2.75) is 51.0 Å². The Morgan fingerprint density at radius 2 is 2.17 bits per heavy atom. The van der Waals surface area contributed by atoms with Crippen LogP contribution in [0, 0.1) is 0 Å². The Labute approximate surface area is 110 Å². The summed E-state index contributed by atoms with van der Waals surface area (Å²) in [6.07, 6.45) is 6.42. The number of ether oxygens (including phenoxy) is 1. The highest BCUT2D eigenvalue weighted by atomic mass is 16.5. The Hall–Kier alpha value is -1.02. The number of nitrogens with one attached hydrogen (secondary N) is 1. The minimum Gasteiger partial charge on any atom is -0.493 e. The van der Waals surface area contributed by atoms with Crippen molar-refractivity contribution in [3.63, 3.8) is 0 Å². The third-order valence-electron chi connectivity index (χ3n) is 4.38. The molecule has 0 radical (unpaired) electrons. The molecule has 0 bridgehead atoms. The molecule has 1 aromatic carbocycles. The highest BCUT2D eigenvalue weighted by Gasteiger charge is 2.29.